The van der Waals surface area contributed by atoms with E-state index >= 15 is 0 Å². The summed E-state index contributed by atoms with van der Waals surface area (Å²) in [5, 5.41) is 3.65. The Morgan fingerprint density at radius 2 is 1.89 bits per heavy atom. The topological polar surface area (TPSA) is 56.5 Å². The highest BCUT2D eigenvalue weighted by atomic mass is 16.6. The Balaban J connectivity index is 1.28. The van der Waals surface area contributed by atoms with Crippen molar-refractivity contribution in [2.45, 2.75) is 38.6 Å². The Kier molecular flexibility index (Phi) is 5.58. The van der Waals surface area contributed by atoms with Crippen LogP contribution in [0.2, 0.25) is 0 Å². The molecule has 1 aliphatic rings. The van der Waals surface area contributed by atoms with Gasteiger partial charge in [-0.25, -0.2) is 0 Å². The van der Waals surface area contributed by atoms with Crippen LogP contribution in [0.1, 0.15) is 32.6 Å². The van der Waals surface area contributed by atoms with Gasteiger partial charge in [-0.3, -0.25) is 0 Å². The number of benzene rings is 2. The Hall–Kier alpha value is -2.53. The minimum Gasteiger partial charge on any atom is -0.494 e. The number of ether oxygens (including phenoxy) is 2. The molecule has 3 aromatic rings. The van der Waals surface area contributed by atoms with Crippen molar-refractivity contribution in [3.8, 4) is 17.6 Å². The number of fused-ring (bicyclic) bond motifs is 1. The summed E-state index contributed by atoms with van der Waals surface area (Å²) in [4.78, 5) is 4.32. The first-order chi connectivity index (χ1) is 13.3. The van der Waals surface area contributed by atoms with Gasteiger partial charge in [0, 0.05) is 6.04 Å². The lowest BCUT2D eigenvalue weighted by atomic mass is 10.1. The minimum absolute atomic E-state index is 0.249. The molecule has 1 N–H and O–H groups in total. The summed E-state index contributed by atoms with van der Waals surface area (Å²) in [6, 6.07) is 15.8. The van der Waals surface area contributed by atoms with Crippen LogP contribution in [-0.2, 0) is 0 Å². The van der Waals surface area contributed by atoms with Crippen LogP contribution in [0.5, 0.6) is 17.6 Å². The van der Waals surface area contributed by atoms with E-state index in [9.17, 15) is 0 Å². The second-order valence-electron chi connectivity index (χ2n) is 7.06. The molecule has 1 aromatic heterocycles. The highest BCUT2D eigenvalue weighted by Crippen LogP contribution is 2.34. The number of rotatable bonds is 10. The number of para-hydroxylation sites is 2. The van der Waals surface area contributed by atoms with E-state index in [4.69, 9.17) is 13.9 Å². The molecule has 4 rings (SSSR count). The molecule has 1 saturated carbocycles. The van der Waals surface area contributed by atoms with Crippen LogP contribution >= 0.6 is 0 Å². The molecule has 1 unspecified atom stereocenters. The zero-order valence-electron chi connectivity index (χ0n) is 15.7. The molecule has 2 aromatic carbocycles. The van der Waals surface area contributed by atoms with Crippen molar-refractivity contribution in [3.63, 3.8) is 0 Å². The summed E-state index contributed by atoms with van der Waals surface area (Å²) in [7, 11) is 0. The van der Waals surface area contributed by atoms with Crippen LogP contribution in [-0.4, -0.2) is 24.2 Å². The molecule has 0 amide bonds. The van der Waals surface area contributed by atoms with Crippen molar-refractivity contribution in [1.82, 2.24) is 10.3 Å². The molecule has 0 saturated heterocycles. The van der Waals surface area contributed by atoms with Gasteiger partial charge in [-0.2, -0.15) is 4.98 Å². The van der Waals surface area contributed by atoms with Crippen LogP contribution in [0.4, 0.5) is 0 Å². The Morgan fingerprint density at radius 3 is 2.63 bits per heavy atom. The molecule has 142 valence electrons. The van der Waals surface area contributed by atoms with E-state index in [1.54, 1.807) is 0 Å². The highest BCUT2D eigenvalue weighted by molar-refractivity contribution is 5.72. The number of hydrogen-bond donors (Lipinski definition) is 1. The van der Waals surface area contributed by atoms with Crippen LogP contribution in [0.3, 0.4) is 0 Å². The van der Waals surface area contributed by atoms with Gasteiger partial charge in [0.25, 0.3) is 0 Å². The quantitative estimate of drug-likeness (QED) is 0.537. The van der Waals surface area contributed by atoms with Crippen molar-refractivity contribution in [3.05, 3.63) is 48.5 Å². The smallest absolute Gasteiger partial charge is 0.400 e. The molecule has 1 atom stereocenters. The number of nitrogens with zero attached hydrogens (tertiary/aromatic N) is 1. The molecular formula is C22H26N2O3. The first-order valence-electron chi connectivity index (χ1n) is 9.81. The fourth-order valence-electron chi connectivity index (χ4n) is 3.24. The normalized spacial score (nSPS) is 15.0. The standard InChI is InChI=1S/C22H26N2O3/c1-2-14-23-19(16-7-8-16)13-15-25-17-9-11-18(12-10-17)26-22-24-20-5-3-4-6-21(20)27-22/h3-6,9-12,16,19,23H,2,7-8,13-15H2,1H3. The van der Waals surface area contributed by atoms with E-state index in [1.165, 1.54) is 19.3 Å². The Bertz CT molecular complexity index is 822. The Morgan fingerprint density at radius 1 is 1.11 bits per heavy atom. The van der Waals surface area contributed by atoms with Crippen molar-refractivity contribution in [2.24, 2.45) is 5.92 Å². The average Bonchev–Trinajstić information content (AvgIpc) is 3.45. The lowest BCUT2D eigenvalue weighted by Gasteiger charge is -2.18. The van der Waals surface area contributed by atoms with Gasteiger partial charge in [0.2, 0.25) is 0 Å². The highest BCUT2D eigenvalue weighted by Gasteiger charge is 2.30. The predicted molar refractivity (Wildman–Crippen MR) is 105 cm³/mol. The fraction of sp³-hybridized carbons (Fsp3) is 0.409. The fourth-order valence-corrected chi connectivity index (χ4v) is 3.24. The second-order valence-corrected chi connectivity index (χ2v) is 7.06. The van der Waals surface area contributed by atoms with Gasteiger partial charge < -0.3 is 19.2 Å². The third-order valence-electron chi connectivity index (χ3n) is 4.85. The average molecular weight is 366 g/mol. The summed E-state index contributed by atoms with van der Waals surface area (Å²) in [5.41, 5.74) is 1.50. The SMILES string of the molecule is CCCNC(CCOc1ccc(Oc2nc3ccccc3o2)cc1)C1CC1. The molecule has 5 nitrogen and oxygen atoms in total. The molecule has 0 bridgehead atoms. The third-order valence-corrected chi connectivity index (χ3v) is 4.85. The van der Waals surface area contributed by atoms with E-state index < -0.39 is 0 Å². The molecule has 1 fully saturated rings. The first-order valence-corrected chi connectivity index (χ1v) is 9.81. The Labute approximate surface area is 159 Å². The summed E-state index contributed by atoms with van der Waals surface area (Å²) in [6.07, 6.45) is 5.17. The second kappa shape index (κ2) is 8.44. The monoisotopic (exact) mass is 366 g/mol. The zero-order chi connectivity index (χ0) is 18.5. The van der Waals surface area contributed by atoms with E-state index in [0.29, 0.717) is 17.4 Å². The maximum atomic E-state index is 5.91. The molecule has 5 heteroatoms. The third kappa shape index (κ3) is 4.80. The van der Waals surface area contributed by atoms with Gasteiger partial charge in [0.15, 0.2) is 5.58 Å². The van der Waals surface area contributed by atoms with Crippen molar-refractivity contribution in [2.75, 3.05) is 13.2 Å². The lowest BCUT2D eigenvalue weighted by Crippen LogP contribution is -2.33. The number of hydrogen-bond acceptors (Lipinski definition) is 5. The van der Waals surface area contributed by atoms with Crippen molar-refractivity contribution in [1.29, 1.82) is 0 Å². The van der Waals surface area contributed by atoms with Crippen LogP contribution in [0.25, 0.3) is 11.1 Å². The van der Waals surface area contributed by atoms with Crippen LogP contribution in [0, 0.1) is 5.92 Å². The van der Waals surface area contributed by atoms with Crippen LogP contribution in [0.15, 0.2) is 52.9 Å². The van der Waals surface area contributed by atoms with E-state index in [0.717, 1.165) is 36.8 Å². The molecular weight excluding hydrogens is 340 g/mol. The number of nitrogens with one attached hydrogen (secondary N) is 1. The van der Waals surface area contributed by atoms with Gasteiger partial charge in [-0.1, -0.05) is 19.1 Å². The summed E-state index contributed by atoms with van der Waals surface area (Å²) < 4.78 is 17.2. The molecule has 0 radical (unpaired) electrons. The number of oxazole rings is 1. The van der Waals surface area contributed by atoms with E-state index in [-0.39, 0.29) is 6.08 Å². The number of aromatic nitrogens is 1. The maximum Gasteiger partial charge on any atom is 0.400 e. The summed E-state index contributed by atoms with van der Waals surface area (Å²) in [5.74, 6) is 2.37. The summed E-state index contributed by atoms with van der Waals surface area (Å²) in [6.45, 7) is 4.02. The maximum absolute atomic E-state index is 5.91. The molecule has 0 aliphatic heterocycles. The van der Waals surface area contributed by atoms with Gasteiger partial charge >= 0.3 is 6.08 Å². The largest absolute Gasteiger partial charge is 0.494 e. The zero-order valence-corrected chi connectivity index (χ0v) is 15.7. The molecule has 1 aliphatic carbocycles. The van der Waals surface area contributed by atoms with E-state index in [2.05, 4.69) is 17.2 Å². The van der Waals surface area contributed by atoms with Gasteiger partial charge in [0.1, 0.15) is 17.0 Å². The lowest BCUT2D eigenvalue weighted by molar-refractivity contribution is 0.275. The van der Waals surface area contributed by atoms with Crippen molar-refractivity contribution >= 4 is 11.1 Å². The van der Waals surface area contributed by atoms with E-state index in [1.807, 2.05) is 48.5 Å². The van der Waals surface area contributed by atoms with Gasteiger partial charge in [-0.05, 0) is 74.5 Å². The van der Waals surface area contributed by atoms with Gasteiger partial charge in [-0.15, -0.1) is 0 Å². The van der Waals surface area contributed by atoms with Crippen LogP contribution < -0.4 is 14.8 Å². The van der Waals surface area contributed by atoms with Gasteiger partial charge in [0.05, 0.1) is 6.61 Å². The molecule has 0 spiro atoms. The first kappa shape index (κ1) is 17.9. The van der Waals surface area contributed by atoms with Crippen molar-refractivity contribution < 1.29 is 13.9 Å². The molecule has 27 heavy (non-hydrogen) atoms. The predicted octanol–water partition coefficient (Wildman–Crippen LogP) is 5.17. The molecule has 1 heterocycles. The summed E-state index contributed by atoms with van der Waals surface area (Å²) >= 11 is 0. The minimum atomic E-state index is 0.249.